The lowest BCUT2D eigenvalue weighted by molar-refractivity contribution is 0.414. The van der Waals surface area contributed by atoms with Gasteiger partial charge in [0.2, 0.25) is 0 Å². The zero-order chi connectivity index (χ0) is 15.2. The average Bonchev–Trinajstić information content (AvgIpc) is 3.04. The SMILES string of the molecule is COc1ccc(C2C(c3ccc(Cl)c(F)c3)C2(Cl)Cl)cc1. The quantitative estimate of drug-likeness (QED) is 0.663. The molecule has 0 N–H and O–H groups in total. The highest BCUT2D eigenvalue weighted by molar-refractivity contribution is 6.52. The molecular weight excluding hydrogens is 334 g/mol. The number of hydrogen-bond donors (Lipinski definition) is 0. The van der Waals surface area contributed by atoms with Gasteiger partial charge in [-0.25, -0.2) is 4.39 Å². The molecule has 0 amide bonds. The van der Waals surface area contributed by atoms with Crippen LogP contribution >= 0.6 is 34.8 Å². The molecule has 1 fully saturated rings. The van der Waals surface area contributed by atoms with Crippen LogP contribution in [0, 0.1) is 5.82 Å². The monoisotopic (exact) mass is 344 g/mol. The van der Waals surface area contributed by atoms with E-state index in [9.17, 15) is 4.39 Å². The van der Waals surface area contributed by atoms with Gasteiger partial charge in [-0.1, -0.05) is 29.8 Å². The molecule has 2 atom stereocenters. The van der Waals surface area contributed by atoms with E-state index in [0.717, 1.165) is 16.9 Å². The number of methoxy groups -OCH3 is 1. The van der Waals surface area contributed by atoms with Gasteiger partial charge < -0.3 is 4.74 Å². The standard InChI is InChI=1S/C16H12Cl3FO/c1-21-11-5-2-9(3-6-11)14-15(16(14,18)19)10-4-7-12(17)13(20)8-10/h2-8,14-15H,1H3. The summed E-state index contributed by atoms with van der Waals surface area (Å²) in [6.07, 6.45) is 0. The largest absolute Gasteiger partial charge is 0.497 e. The van der Waals surface area contributed by atoms with Crippen molar-refractivity contribution in [2.45, 2.75) is 16.2 Å². The number of halogens is 4. The van der Waals surface area contributed by atoms with Gasteiger partial charge in [0.05, 0.1) is 12.1 Å². The average molecular weight is 346 g/mol. The van der Waals surface area contributed by atoms with Crippen LogP contribution in [0.3, 0.4) is 0 Å². The molecule has 5 heteroatoms. The zero-order valence-electron chi connectivity index (χ0n) is 11.1. The molecule has 0 heterocycles. The molecule has 110 valence electrons. The second-order valence-corrected chi connectivity index (χ2v) is 6.93. The molecule has 0 aliphatic heterocycles. The molecule has 1 saturated carbocycles. The van der Waals surface area contributed by atoms with Crippen molar-refractivity contribution in [1.29, 1.82) is 0 Å². The predicted molar refractivity (Wildman–Crippen MR) is 84.3 cm³/mol. The third-order valence-corrected chi connectivity index (χ3v) is 5.08. The summed E-state index contributed by atoms with van der Waals surface area (Å²) in [5, 5.41) is 0.0927. The van der Waals surface area contributed by atoms with Gasteiger partial charge in [-0.3, -0.25) is 0 Å². The Morgan fingerprint density at radius 2 is 1.57 bits per heavy atom. The molecule has 21 heavy (non-hydrogen) atoms. The van der Waals surface area contributed by atoms with Crippen molar-refractivity contribution >= 4 is 34.8 Å². The lowest BCUT2D eigenvalue weighted by Crippen LogP contribution is -1.91. The van der Waals surface area contributed by atoms with E-state index in [2.05, 4.69) is 0 Å². The third kappa shape index (κ3) is 2.61. The molecule has 2 aromatic rings. The van der Waals surface area contributed by atoms with E-state index in [1.54, 1.807) is 13.2 Å². The fourth-order valence-electron chi connectivity index (χ4n) is 2.67. The highest BCUT2D eigenvalue weighted by atomic mass is 35.5. The van der Waals surface area contributed by atoms with Crippen LogP contribution in [0.15, 0.2) is 42.5 Å². The number of alkyl halides is 2. The van der Waals surface area contributed by atoms with Crippen LogP contribution < -0.4 is 4.74 Å². The van der Waals surface area contributed by atoms with Crippen molar-refractivity contribution in [1.82, 2.24) is 0 Å². The summed E-state index contributed by atoms with van der Waals surface area (Å²) in [4.78, 5) is 0. The maximum atomic E-state index is 13.6. The topological polar surface area (TPSA) is 9.23 Å². The molecule has 1 aliphatic rings. The Bertz CT molecular complexity index is 670. The minimum absolute atomic E-state index is 0.0766. The molecule has 0 spiro atoms. The van der Waals surface area contributed by atoms with Crippen molar-refractivity contribution in [3.05, 3.63) is 64.4 Å². The van der Waals surface area contributed by atoms with Gasteiger partial charge in [0, 0.05) is 11.8 Å². The fourth-order valence-corrected chi connectivity index (χ4v) is 3.67. The number of hydrogen-bond acceptors (Lipinski definition) is 1. The predicted octanol–water partition coefficient (Wildman–Crippen LogP) is 5.54. The van der Waals surface area contributed by atoms with Gasteiger partial charge in [0.1, 0.15) is 15.9 Å². The summed E-state index contributed by atoms with van der Waals surface area (Å²) in [6.45, 7) is 0. The van der Waals surface area contributed by atoms with E-state index in [-0.39, 0.29) is 16.9 Å². The van der Waals surface area contributed by atoms with Crippen molar-refractivity contribution < 1.29 is 9.13 Å². The fraction of sp³-hybridized carbons (Fsp3) is 0.250. The Balaban J connectivity index is 1.91. The minimum atomic E-state index is -0.936. The van der Waals surface area contributed by atoms with Crippen molar-refractivity contribution in [3.8, 4) is 5.75 Å². The Morgan fingerprint density at radius 1 is 1.00 bits per heavy atom. The van der Waals surface area contributed by atoms with E-state index in [0.29, 0.717) is 0 Å². The first-order valence-corrected chi connectivity index (χ1v) is 7.55. The van der Waals surface area contributed by atoms with Crippen molar-refractivity contribution in [2.24, 2.45) is 0 Å². The van der Waals surface area contributed by atoms with Gasteiger partial charge in [0.15, 0.2) is 0 Å². The molecule has 0 saturated heterocycles. The van der Waals surface area contributed by atoms with Crippen LogP contribution in [0.1, 0.15) is 23.0 Å². The summed E-state index contributed by atoms with van der Waals surface area (Å²) in [5.74, 6) is 0.0789. The van der Waals surface area contributed by atoms with Crippen LogP contribution in [-0.2, 0) is 0 Å². The van der Waals surface area contributed by atoms with Gasteiger partial charge >= 0.3 is 0 Å². The first-order valence-electron chi connectivity index (χ1n) is 6.42. The van der Waals surface area contributed by atoms with Crippen LogP contribution in [0.5, 0.6) is 5.75 Å². The smallest absolute Gasteiger partial charge is 0.142 e. The lowest BCUT2D eigenvalue weighted by Gasteiger charge is -2.03. The Labute approximate surface area is 137 Å². The maximum absolute atomic E-state index is 13.6. The Morgan fingerprint density at radius 3 is 2.14 bits per heavy atom. The molecule has 0 aromatic heterocycles. The van der Waals surface area contributed by atoms with Crippen LogP contribution in [0.4, 0.5) is 4.39 Å². The summed E-state index contributed by atoms with van der Waals surface area (Å²) >= 11 is 18.5. The molecule has 1 nitrogen and oxygen atoms in total. The third-order valence-electron chi connectivity index (χ3n) is 3.83. The van der Waals surface area contributed by atoms with Crippen LogP contribution in [-0.4, -0.2) is 11.4 Å². The number of ether oxygens (including phenoxy) is 1. The van der Waals surface area contributed by atoms with Crippen molar-refractivity contribution in [2.75, 3.05) is 7.11 Å². The normalized spacial score (nSPS) is 22.9. The number of benzene rings is 2. The van der Waals surface area contributed by atoms with Crippen LogP contribution in [0.25, 0.3) is 0 Å². The second kappa shape index (κ2) is 5.35. The number of rotatable bonds is 3. The summed E-state index contributed by atoms with van der Waals surface area (Å²) in [6, 6.07) is 12.3. The van der Waals surface area contributed by atoms with E-state index < -0.39 is 10.2 Å². The lowest BCUT2D eigenvalue weighted by atomic mass is 10.0. The van der Waals surface area contributed by atoms with Crippen LogP contribution in [0.2, 0.25) is 5.02 Å². The minimum Gasteiger partial charge on any atom is -0.497 e. The highest BCUT2D eigenvalue weighted by Gasteiger charge is 2.64. The van der Waals surface area contributed by atoms with Gasteiger partial charge in [0.25, 0.3) is 0 Å². The summed E-state index contributed by atoms with van der Waals surface area (Å²) in [7, 11) is 1.61. The molecule has 3 rings (SSSR count). The van der Waals surface area contributed by atoms with E-state index in [1.807, 2.05) is 24.3 Å². The van der Waals surface area contributed by atoms with Gasteiger partial charge in [-0.15, -0.1) is 23.2 Å². The summed E-state index contributed by atoms with van der Waals surface area (Å²) in [5.41, 5.74) is 1.75. The van der Waals surface area contributed by atoms with E-state index in [1.165, 1.54) is 12.1 Å². The Kier molecular flexibility index (Phi) is 3.81. The molecule has 0 radical (unpaired) electrons. The van der Waals surface area contributed by atoms with Crippen molar-refractivity contribution in [3.63, 3.8) is 0 Å². The summed E-state index contributed by atoms with van der Waals surface area (Å²) < 4.78 is 17.8. The molecule has 2 aromatic carbocycles. The van der Waals surface area contributed by atoms with Gasteiger partial charge in [-0.05, 0) is 35.4 Å². The Hall–Kier alpha value is -0.960. The first kappa shape index (κ1) is 15.0. The highest BCUT2D eigenvalue weighted by Crippen LogP contribution is 2.70. The van der Waals surface area contributed by atoms with E-state index in [4.69, 9.17) is 39.5 Å². The molecule has 0 bridgehead atoms. The molecule has 2 unspecified atom stereocenters. The second-order valence-electron chi connectivity index (χ2n) is 5.08. The first-order chi connectivity index (χ1) is 9.95. The zero-order valence-corrected chi connectivity index (χ0v) is 13.4. The van der Waals surface area contributed by atoms with Gasteiger partial charge in [-0.2, -0.15) is 0 Å². The maximum Gasteiger partial charge on any atom is 0.142 e. The molecular formula is C16H12Cl3FO. The molecule has 1 aliphatic carbocycles. The van der Waals surface area contributed by atoms with E-state index >= 15 is 0 Å².